The molecule has 3 rings (SSSR count). The van der Waals surface area contributed by atoms with Crippen molar-refractivity contribution in [3.05, 3.63) is 32.9 Å². The van der Waals surface area contributed by atoms with Gasteiger partial charge in [-0.2, -0.15) is 0 Å². The van der Waals surface area contributed by atoms with Gasteiger partial charge in [-0.1, -0.05) is 18.2 Å². The zero-order valence-electron chi connectivity index (χ0n) is 12.4. The average molecular weight is 402 g/mol. The standard InChI is InChI=1S/C16H23IN2O2/c1-11-3-2-4-13(14(11)17)15(19-18)12-5-7-21-16(9-12)6-8-20-10-16/h2-4,12,15,19H,5-10,18H2,1H3. The summed E-state index contributed by atoms with van der Waals surface area (Å²) >= 11 is 2.43. The number of nitrogens with two attached hydrogens (primary N) is 1. The normalized spacial score (nSPS) is 30.7. The number of halogens is 1. The summed E-state index contributed by atoms with van der Waals surface area (Å²) in [5.41, 5.74) is 5.59. The van der Waals surface area contributed by atoms with Crippen LogP contribution in [-0.2, 0) is 9.47 Å². The van der Waals surface area contributed by atoms with Gasteiger partial charge in [-0.3, -0.25) is 11.3 Å². The highest BCUT2D eigenvalue weighted by Crippen LogP contribution is 2.41. The van der Waals surface area contributed by atoms with Gasteiger partial charge in [0.2, 0.25) is 0 Å². The van der Waals surface area contributed by atoms with E-state index in [2.05, 4.69) is 53.1 Å². The predicted octanol–water partition coefficient (Wildman–Crippen LogP) is 2.69. The van der Waals surface area contributed by atoms with Crippen LogP contribution in [0.5, 0.6) is 0 Å². The van der Waals surface area contributed by atoms with Crippen molar-refractivity contribution in [3.8, 4) is 0 Å². The number of benzene rings is 1. The van der Waals surface area contributed by atoms with Crippen LogP contribution in [0.3, 0.4) is 0 Å². The third-order valence-corrected chi connectivity index (χ3v) is 6.28. The van der Waals surface area contributed by atoms with Crippen LogP contribution >= 0.6 is 22.6 Å². The second-order valence-electron chi connectivity index (χ2n) is 6.21. The van der Waals surface area contributed by atoms with Gasteiger partial charge in [0, 0.05) is 23.2 Å². The fourth-order valence-electron chi connectivity index (χ4n) is 3.60. The Bertz CT molecular complexity index is 503. The molecule has 2 saturated heterocycles. The maximum absolute atomic E-state index is 6.05. The molecular formula is C16H23IN2O2. The molecule has 0 radical (unpaired) electrons. The molecule has 0 aliphatic carbocycles. The summed E-state index contributed by atoms with van der Waals surface area (Å²) in [5.74, 6) is 6.40. The molecule has 5 heteroatoms. The Hall–Kier alpha value is -0.210. The number of hydrazine groups is 1. The molecule has 1 aromatic carbocycles. The molecule has 3 atom stereocenters. The molecular weight excluding hydrogens is 379 g/mol. The quantitative estimate of drug-likeness (QED) is 0.464. The minimum atomic E-state index is -0.0761. The first-order valence-corrected chi connectivity index (χ1v) is 8.66. The fourth-order valence-corrected chi connectivity index (χ4v) is 4.30. The van der Waals surface area contributed by atoms with Crippen LogP contribution in [0.2, 0.25) is 0 Å². The lowest BCUT2D eigenvalue weighted by Crippen LogP contribution is -2.45. The summed E-state index contributed by atoms with van der Waals surface area (Å²) in [6.07, 6.45) is 3.07. The third kappa shape index (κ3) is 3.12. The van der Waals surface area contributed by atoms with E-state index < -0.39 is 0 Å². The Morgan fingerprint density at radius 1 is 1.43 bits per heavy atom. The van der Waals surface area contributed by atoms with E-state index in [1.807, 2.05) is 0 Å². The molecule has 0 saturated carbocycles. The molecule has 0 amide bonds. The average Bonchev–Trinajstić information content (AvgIpc) is 2.92. The van der Waals surface area contributed by atoms with E-state index in [0.717, 1.165) is 39.1 Å². The van der Waals surface area contributed by atoms with Gasteiger partial charge in [-0.15, -0.1) is 0 Å². The number of rotatable bonds is 3. The third-order valence-electron chi connectivity index (χ3n) is 4.81. The van der Waals surface area contributed by atoms with E-state index in [0.29, 0.717) is 5.92 Å². The Morgan fingerprint density at radius 3 is 3.00 bits per heavy atom. The van der Waals surface area contributed by atoms with Crippen LogP contribution in [0.25, 0.3) is 0 Å². The summed E-state index contributed by atoms with van der Waals surface area (Å²) in [4.78, 5) is 0. The van der Waals surface area contributed by atoms with Crippen molar-refractivity contribution in [2.45, 2.75) is 37.8 Å². The van der Waals surface area contributed by atoms with E-state index in [1.54, 1.807) is 0 Å². The molecule has 2 fully saturated rings. The minimum Gasteiger partial charge on any atom is -0.378 e. The Balaban J connectivity index is 1.84. The van der Waals surface area contributed by atoms with Crippen molar-refractivity contribution in [1.82, 2.24) is 5.43 Å². The van der Waals surface area contributed by atoms with Gasteiger partial charge in [-0.05, 0) is 59.4 Å². The lowest BCUT2D eigenvalue weighted by atomic mass is 9.79. The van der Waals surface area contributed by atoms with Crippen molar-refractivity contribution >= 4 is 22.6 Å². The summed E-state index contributed by atoms with van der Waals surface area (Å²) in [5, 5.41) is 0. The van der Waals surface area contributed by atoms with Gasteiger partial charge in [-0.25, -0.2) is 0 Å². The molecule has 2 heterocycles. The summed E-state index contributed by atoms with van der Waals surface area (Å²) < 4.78 is 12.9. The highest BCUT2D eigenvalue weighted by Gasteiger charge is 2.43. The van der Waals surface area contributed by atoms with Crippen LogP contribution in [0, 0.1) is 16.4 Å². The molecule has 0 aromatic heterocycles. The van der Waals surface area contributed by atoms with E-state index in [9.17, 15) is 0 Å². The smallest absolute Gasteiger partial charge is 0.0940 e. The van der Waals surface area contributed by atoms with Crippen LogP contribution < -0.4 is 11.3 Å². The van der Waals surface area contributed by atoms with E-state index >= 15 is 0 Å². The van der Waals surface area contributed by atoms with Crippen molar-refractivity contribution in [2.24, 2.45) is 11.8 Å². The zero-order chi connectivity index (χ0) is 14.9. The first-order valence-electron chi connectivity index (χ1n) is 7.58. The minimum absolute atomic E-state index is 0.0761. The Kier molecular flexibility index (Phi) is 4.85. The van der Waals surface area contributed by atoms with Crippen molar-refractivity contribution in [1.29, 1.82) is 0 Å². The van der Waals surface area contributed by atoms with Crippen molar-refractivity contribution in [3.63, 3.8) is 0 Å². The lowest BCUT2D eigenvalue weighted by Gasteiger charge is -2.40. The van der Waals surface area contributed by atoms with E-state index in [4.69, 9.17) is 15.3 Å². The first-order chi connectivity index (χ1) is 10.2. The Morgan fingerprint density at radius 2 is 2.29 bits per heavy atom. The van der Waals surface area contributed by atoms with Crippen LogP contribution in [0.15, 0.2) is 18.2 Å². The molecule has 4 nitrogen and oxygen atoms in total. The van der Waals surface area contributed by atoms with Gasteiger partial charge in [0.05, 0.1) is 18.2 Å². The van der Waals surface area contributed by atoms with Crippen LogP contribution in [-0.4, -0.2) is 25.4 Å². The summed E-state index contributed by atoms with van der Waals surface area (Å²) in [6, 6.07) is 6.63. The highest BCUT2D eigenvalue weighted by atomic mass is 127. The van der Waals surface area contributed by atoms with Gasteiger partial charge in [0.15, 0.2) is 0 Å². The van der Waals surface area contributed by atoms with Crippen molar-refractivity contribution < 1.29 is 9.47 Å². The van der Waals surface area contributed by atoms with Gasteiger partial charge in [0.25, 0.3) is 0 Å². The maximum Gasteiger partial charge on any atom is 0.0940 e. The summed E-state index contributed by atoms with van der Waals surface area (Å²) in [7, 11) is 0. The molecule has 1 aromatic rings. The van der Waals surface area contributed by atoms with Gasteiger partial charge in [0.1, 0.15) is 0 Å². The SMILES string of the molecule is Cc1cccc(C(NN)C2CCOC3(CCOC3)C2)c1I. The monoisotopic (exact) mass is 402 g/mol. The molecule has 2 aliphatic heterocycles. The van der Waals surface area contributed by atoms with E-state index in [-0.39, 0.29) is 11.6 Å². The molecule has 21 heavy (non-hydrogen) atoms. The number of aryl methyl sites for hydroxylation is 1. The second-order valence-corrected chi connectivity index (χ2v) is 7.29. The maximum atomic E-state index is 6.05. The lowest BCUT2D eigenvalue weighted by molar-refractivity contribution is -0.103. The zero-order valence-corrected chi connectivity index (χ0v) is 14.6. The van der Waals surface area contributed by atoms with Crippen LogP contribution in [0.4, 0.5) is 0 Å². The summed E-state index contributed by atoms with van der Waals surface area (Å²) in [6.45, 7) is 4.49. The molecule has 3 unspecified atom stereocenters. The van der Waals surface area contributed by atoms with E-state index in [1.165, 1.54) is 14.7 Å². The van der Waals surface area contributed by atoms with Crippen LogP contribution in [0.1, 0.15) is 36.4 Å². The number of nitrogens with one attached hydrogen (secondary N) is 1. The molecule has 2 aliphatic rings. The first kappa shape index (κ1) is 15.7. The second kappa shape index (κ2) is 6.50. The van der Waals surface area contributed by atoms with Gasteiger partial charge >= 0.3 is 0 Å². The van der Waals surface area contributed by atoms with Crippen molar-refractivity contribution in [2.75, 3.05) is 19.8 Å². The molecule has 3 N–H and O–H groups in total. The predicted molar refractivity (Wildman–Crippen MR) is 90.8 cm³/mol. The number of hydrogen-bond donors (Lipinski definition) is 2. The molecule has 1 spiro atoms. The highest BCUT2D eigenvalue weighted by molar-refractivity contribution is 14.1. The number of hydrogen-bond acceptors (Lipinski definition) is 4. The molecule has 116 valence electrons. The number of ether oxygens (including phenoxy) is 2. The van der Waals surface area contributed by atoms with Gasteiger partial charge < -0.3 is 9.47 Å². The fraction of sp³-hybridized carbons (Fsp3) is 0.625. The molecule has 0 bridgehead atoms. The largest absolute Gasteiger partial charge is 0.378 e. The topological polar surface area (TPSA) is 56.5 Å². The Labute approximate surface area is 139 Å².